The molecule has 0 bridgehead atoms. The van der Waals surface area contributed by atoms with E-state index in [9.17, 15) is 4.79 Å². The van der Waals surface area contributed by atoms with Gasteiger partial charge in [-0.15, -0.1) is 11.3 Å². The Morgan fingerprint density at radius 3 is 2.70 bits per heavy atom. The summed E-state index contributed by atoms with van der Waals surface area (Å²) in [4.78, 5) is 16.5. The maximum absolute atomic E-state index is 12.1. The minimum atomic E-state index is -0.251. The third-order valence-corrected chi connectivity index (χ3v) is 4.79. The first-order valence-electron chi connectivity index (χ1n) is 8.51. The monoisotopic (exact) mass is 446 g/mol. The highest BCUT2D eigenvalue weighted by Crippen LogP contribution is 2.26. The molecule has 0 fully saturated rings. The molecule has 0 radical (unpaired) electrons. The Kier molecular flexibility index (Phi) is 6.84. The highest BCUT2D eigenvalue weighted by atomic mass is 79.9. The number of ether oxygens (including phenoxy) is 2. The Hall–Kier alpha value is -2.38. The van der Waals surface area contributed by atoms with Crippen LogP contribution in [-0.4, -0.2) is 24.1 Å². The zero-order valence-electron chi connectivity index (χ0n) is 14.8. The molecule has 0 spiro atoms. The Labute approximate surface area is 170 Å². The first kappa shape index (κ1) is 19.4. The summed E-state index contributed by atoms with van der Waals surface area (Å²) in [5.74, 6) is 1.22. The standard InChI is InChI=1S/C20H19BrN2O3S/c1-2-10-25-16-8-6-14(7-9-16)18-13-27-20(22-18)23-19(24)12-26-17-5-3-4-15(21)11-17/h3-9,11,13H,2,10,12H2,1H3,(H,22,23,24). The third-order valence-electron chi connectivity index (χ3n) is 3.54. The van der Waals surface area contributed by atoms with Gasteiger partial charge in [-0.3, -0.25) is 10.1 Å². The number of nitrogens with zero attached hydrogens (tertiary/aromatic N) is 1. The lowest BCUT2D eigenvalue weighted by molar-refractivity contribution is -0.118. The van der Waals surface area contributed by atoms with E-state index in [1.807, 2.05) is 47.8 Å². The fraction of sp³-hybridized carbons (Fsp3) is 0.200. The van der Waals surface area contributed by atoms with Gasteiger partial charge in [-0.1, -0.05) is 28.9 Å². The Bertz CT molecular complexity index is 896. The summed E-state index contributed by atoms with van der Waals surface area (Å²) in [6, 6.07) is 15.1. The molecule has 140 valence electrons. The molecule has 27 heavy (non-hydrogen) atoms. The van der Waals surface area contributed by atoms with Crippen LogP contribution in [-0.2, 0) is 4.79 Å². The third kappa shape index (κ3) is 5.80. The molecule has 1 aromatic heterocycles. The number of hydrogen-bond acceptors (Lipinski definition) is 5. The predicted molar refractivity (Wildman–Crippen MR) is 112 cm³/mol. The molecular formula is C20H19BrN2O3S. The zero-order chi connectivity index (χ0) is 19.1. The number of amides is 1. The number of aromatic nitrogens is 1. The fourth-order valence-electron chi connectivity index (χ4n) is 2.27. The highest BCUT2D eigenvalue weighted by Gasteiger charge is 2.09. The van der Waals surface area contributed by atoms with E-state index >= 15 is 0 Å². The van der Waals surface area contributed by atoms with Crippen molar-refractivity contribution in [1.82, 2.24) is 4.98 Å². The molecule has 0 saturated heterocycles. The van der Waals surface area contributed by atoms with Crippen LogP contribution in [0, 0.1) is 0 Å². The zero-order valence-corrected chi connectivity index (χ0v) is 17.2. The van der Waals surface area contributed by atoms with Gasteiger partial charge in [0.1, 0.15) is 11.5 Å². The molecule has 0 aliphatic rings. The van der Waals surface area contributed by atoms with Gasteiger partial charge in [-0.05, 0) is 48.9 Å². The summed E-state index contributed by atoms with van der Waals surface area (Å²) in [7, 11) is 0. The lowest BCUT2D eigenvalue weighted by atomic mass is 10.2. The topological polar surface area (TPSA) is 60.5 Å². The van der Waals surface area contributed by atoms with E-state index in [0.29, 0.717) is 17.5 Å². The van der Waals surface area contributed by atoms with Crippen LogP contribution < -0.4 is 14.8 Å². The molecule has 2 aromatic carbocycles. The van der Waals surface area contributed by atoms with E-state index in [1.165, 1.54) is 11.3 Å². The summed E-state index contributed by atoms with van der Waals surface area (Å²) >= 11 is 4.75. The van der Waals surface area contributed by atoms with E-state index in [-0.39, 0.29) is 12.5 Å². The fourth-order valence-corrected chi connectivity index (χ4v) is 3.38. The van der Waals surface area contributed by atoms with Crippen LogP contribution in [0.5, 0.6) is 11.5 Å². The van der Waals surface area contributed by atoms with E-state index in [0.717, 1.165) is 27.9 Å². The van der Waals surface area contributed by atoms with E-state index < -0.39 is 0 Å². The van der Waals surface area contributed by atoms with Crippen molar-refractivity contribution < 1.29 is 14.3 Å². The molecule has 0 unspecified atom stereocenters. The summed E-state index contributed by atoms with van der Waals surface area (Å²) in [6.07, 6.45) is 0.974. The minimum absolute atomic E-state index is 0.0746. The summed E-state index contributed by atoms with van der Waals surface area (Å²) < 4.78 is 12.0. The number of nitrogens with one attached hydrogen (secondary N) is 1. The predicted octanol–water partition coefficient (Wildman–Crippen LogP) is 5.38. The molecular weight excluding hydrogens is 428 g/mol. The first-order chi connectivity index (χ1) is 13.1. The van der Waals surface area contributed by atoms with E-state index in [4.69, 9.17) is 9.47 Å². The normalized spacial score (nSPS) is 10.4. The first-order valence-corrected chi connectivity index (χ1v) is 10.2. The van der Waals surface area contributed by atoms with Crippen LogP contribution in [0.2, 0.25) is 0 Å². The van der Waals surface area contributed by atoms with Gasteiger partial charge in [0, 0.05) is 15.4 Å². The van der Waals surface area contributed by atoms with Gasteiger partial charge in [-0.2, -0.15) is 0 Å². The Balaban J connectivity index is 1.54. The SMILES string of the molecule is CCCOc1ccc(-c2csc(NC(=O)COc3cccc(Br)c3)n2)cc1. The molecule has 3 aromatic rings. The largest absolute Gasteiger partial charge is 0.494 e. The minimum Gasteiger partial charge on any atom is -0.494 e. The molecule has 1 N–H and O–H groups in total. The van der Waals surface area contributed by atoms with Gasteiger partial charge < -0.3 is 9.47 Å². The molecule has 3 rings (SSSR count). The maximum atomic E-state index is 12.1. The van der Waals surface area contributed by atoms with Crippen molar-refractivity contribution in [2.24, 2.45) is 0 Å². The van der Waals surface area contributed by atoms with Crippen LogP contribution in [0.4, 0.5) is 5.13 Å². The molecule has 0 aliphatic carbocycles. The van der Waals surface area contributed by atoms with Crippen molar-refractivity contribution in [2.45, 2.75) is 13.3 Å². The van der Waals surface area contributed by atoms with Gasteiger partial charge in [0.25, 0.3) is 5.91 Å². The van der Waals surface area contributed by atoms with Gasteiger partial charge >= 0.3 is 0 Å². The van der Waals surface area contributed by atoms with Gasteiger partial charge in [0.15, 0.2) is 11.7 Å². The number of benzene rings is 2. The number of carbonyl (C=O) groups excluding carboxylic acids is 1. The van der Waals surface area contributed by atoms with Crippen LogP contribution in [0.15, 0.2) is 58.4 Å². The maximum Gasteiger partial charge on any atom is 0.264 e. The second-order valence-corrected chi connectivity index (χ2v) is 7.48. The Morgan fingerprint density at radius 1 is 1.15 bits per heavy atom. The summed E-state index contributed by atoms with van der Waals surface area (Å²) in [6.45, 7) is 2.70. The lowest BCUT2D eigenvalue weighted by Crippen LogP contribution is -2.20. The van der Waals surface area contributed by atoms with Gasteiger partial charge in [-0.25, -0.2) is 4.98 Å². The van der Waals surface area contributed by atoms with Crippen molar-refractivity contribution >= 4 is 38.3 Å². The molecule has 0 aliphatic heterocycles. The van der Waals surface area contributed by atoms with Crippen LogP contribution >= 0.6 is 27.3 Å². The van der Waals surface area contributed by atoms with E-state index in [2.05, 4.69) is 33.2 Å². The number of anilines is 1. The van der Waals surface area contributed by atoms with Crippen molar-refractivity contribution in [3.05, 3.63) is 58.4 Å². The van der Waals surface area contributed by atoms with Crippen molar-refractivity contribution in [3.8, 4) is 22.8 Å². The number of rotatable bonds is 8. The quantitative estimate of drug-likeness (QED) is 0.504. The molecule has 0 saturated carbocycles. The van der Waals surface area contributed by atoms with Gasteiger partial charge in [0.2, 0.25) is 0 Å². The highest BCUT2D eigenvalue weighted by molar-refractivity contribution is 9.10. The summed E-state index contributed by atoms with van der Waals surface area (Å²) in [5.41, 5.74) is 1.78. The van der Waals surface area contributed by atoms with Crippen LogP contribution in [0.25, 0.3) is 11.3 Å². The van der Waals surface area contributed by atoms with Gasteiger partial charge in [0.05, 0.1) is 12.3 Å². The number of carbonyl (C=O) groups is 1. The van der Waals surface area contributed by atoms with Crippen LogP contribution in [0.3, 0.4) is 0 Å². The molecule has 7 heteroatoms. The number of halogens is 1. The molecule has 1 heterocycles. The summed E-state index contributed by atoms with van der Waals surface area (Å²) in [5, 5.41) is 5.21. The lowest BCUT2D eigenvalue weighted by Gasteiger charge is -2.06. The second-order valence-electron chi connectivity index (χ2n) is 5.70. The molecule has 0 atom stereocenters. The number of hydrogen-bond donors (Lipinski definition) is 1. The van der Waals surface area contributed by atoms with Crippen molar-refractivity contribution in [1.29, 1.82) is 0 Å². The molecule has 1 amide bonds. The Morgan fingerprint density at radius 2 is 1.96 bits per heavy atom. The molecule has 5 nitrogen and oxygen atoms in total. The average Bonchev–Trinajstić information content (AvgIpc) is 3.13. The van der Waals surface area contributed by atoms with Crippen molar-refractivity contribution in [2.75, 3.05) is 18.5 Å². The van der Waals surface area contributed by atoms with Crippen molar-refractivity contribution in [3.63, 3.8) is 0 Å². The van der Waals surface area contributed by atoms with Crippen LogP contribution in [0.1, 0.15) is 13.3 Å². The smallest absolute Gasteiger partial charge is 0.264 e. The van der Waals surface area contributed by atoms with E-state index in [1.54, 1.807) is 6.07 Å². The average molecular weight is 447 g/mol. The second kappa shape index (κ2) is 9.53. The number of thiazole rings is 1.